The molecule has 1 aromatic rings. The summed E-state index contributed by atoms with van der Waals surface area (Å²) < 4.78 is 64.5. The molecule has 0 aromatic carbocycles. The number of alkyl halides is 3. The standard InChI is InChI=1S/C17H26N2O3S2.C2HF3O2/c1-13-2-3-15(23-13)9-19-11-17(12-19)7-6-14(10-22-17)8-18-24(20,21)16-4-5-16;3-2(4,5)1(6)7/h2-3,14,16,18H,4-12H2,1H3;(H,6,7). The summed E-state index contributed by atoms with van der Waals surface area (Å²) in [5.41, 5.74) is 0.0260. The van der Waals surface area contributed by atoms with E-state index in [1.165, 1.54) is 9.75 Å². The molecule has 176 valence electrons. The minimum atomic E-state index is -5.08. The third-order valence-corrected chi connectivity index (χ3v) is 8.51. The van der Waals surface area contributed by atoms with Crippen LogP contribution in [0.2, 0.25) is 0 Å². The van der Waals surface area contributed by atoms with Gasteiger partial charge >= 0.3 is 12.1 Å². The lowest BCUT2D eigenvalue weighted by Gasteiger charge is -2.52. The maximum Gasteiger partial charge on any atom is 0.490 e. The Hall–Kier alpha value is -1.21. The lowest BCUT2D eigenvalue weighted by Crippen LogP contribution is -2.64. The van der Waals surface area contributed by atoms with Crippen molar-refractivity contribution < 1.29 is 36.2 Å². The van der Waals surface area contributed by atoms with Crippen molar-refractivity contribution in [1.29, 1.82) is 0 Å². The predicted molar refractivity (Wildman–Crippen MR) is 109 cm³/mol. The topological polar surface area (TPSA) is 95.9 Å². The van der Waals surface area contributed by atoms with Crippen molar-refractivity contribution in [3.63, 3.8) is 0 Å². The maximum atomic E-state index is 11.9. The van der Waals surface area contributed by atoms with E-state index < -0.39 is 22.2 Å². The molecule has 2 saturated heterocycles. The minimum Gasteiger partial charge on any atom is -0.475 e. The lowest BCUT2D eigenvalue weighted by atomic mass is 9.83. The first-order valence-corrected chi connectivity index (χ1v) is 12.5. The third-order valence-electron chi connectivity index (χ3n) is 5.61. The molecule has 0 radical (unpaired) electrons. The molecule has 1 aromatic heterocycles. The number of carboxylic acid groups (broad SMARTS) is 1. The van der Waals surface area contributed by atoms with Crippen LogP contribution in [0.15, 0.2) is 12.1 Å². The van der Waals surface area contributed by atoms with E-state index in [2.05, 4.69) is 28.7 Å². The zero-order valence-corrected chi connectivity index (χ0v) is 18.8. The number of carboxylic acids is 1. The average Bonchev–Trinajstić information content (AvgIpc) is 3.44. The number of carbonyl (C=O) groups is 1. The number of thiophene rings is 1. The molecule has 0 bridgehead atoms. The fourth-order valence-corrected chi connectivity index (χ4v) is 6.12. The Balaban J connectivity index is 0.000000339. The van der Waals surface area contributed by atoms with Crippen LogP contribution in [0.5, 0.6) is 0 Å². The van der Waals surface area contributed by atoms with E-state index in [1.54, 1.807) is 0 Å². The van der Waals surface area contributed by atoms with E-state index in [-0.39, 0.29) is 10.9 Å². The summed E-state index contributed by atoms with van der Waals surface area (Å²) in [4.78, 5) is 14.1. The molecule has 7 nitrogen and oxygen atoms in total. The molecular formula is C19H27F3N2O5S2. The molecule has 2 N–H and O–H groups in total. The molecule has 4 rings (SSSR count). The predicted octanol–water partition coefficient (Wildman–Crippen LogP) is 2.75. The number of likely N-dealkylation sites (tertiary alicyclic amines) is 1. The summed E-state index contributed by atoms with van der Waals surface area (Å²) in [6.07, 6.45) is -1.35. The van der Waals surface area contributed by atoms with Crippen molar-refractivity contribution in [2.45, 2.75) is 56.2 Å². The van der Waals surface area contributed by atoms with E-state index in [4.69, 9.17) is 14.6 Å². The van der Waals surface area contributed by atoms with Crippen LogP contribution in [0, 0.1) is 12.8 Å². The second-order valence-corrected chi connectivity index (χ2v) is 11.9. The molecule has 0 amide bonds. The van der Waals surface area contributed by atoms with Crippen molar-refractivity contribution in [3.05, 3.63) is 21.9 Å². The third kappa shape index (κ3) is 6.88. The number of halogens is 3. The van der Waals surface area contributed by atoms with Gasteiger partial charge < -0.3 is 9.84 Å². The van der Waals surface area contributed by atoms with Gasteiger partial charge in [-0.2, -0.15) is 13.2 Å². The van der Waals surface area contributed by atoms with Gasteiger partial charge in [0, 0.05) is 35.9 Å². The minimum absolute atomic E-state index is 0.0260. The monoisotopic (exact) mass is 484 g/mol. The molecule has 1 aliphatic carbocycles. The van der Waals surface area contributed by atoms with Crippen LogP contribution in [0.1, 0.15) is 35.4 Å². The molecule has 1 spiro atoms. The Bertz CT molecular complexity index is 867. The van der Waals surface area contributed by atoms with E-state index >= 15 is 0 Å². The highest BCUT2D eigenvalue weighted by Gasteiger charge is 2.46. The molecule has 3 heterocycles. The molecule has 3 aliphatic rings. The van der Waals surface area contributed by atoms with Gasteiger partial charge in [-0.15, -0.1) is 11.3 Å². The Kier molecular flexibility index (Phi) is 7.36. The van der Waals surface area contributed by atoms with Gasteiger partial charge in [0.05, 0.1) is 17.5 Å². The van der Waals surface area contributed by atoms with Gasteiger partial charge in [0.25, 0.3) is 0 Å². The van der Waals surface area contributed by atoms with Gasteiger partial charge in [-0.25, -0.2) is 17.9 Å². The molecule has 12 heteroatoms. The molecule has 1 saturated carbocycles. The summed E-state index contributed by atoms with van der Waals surface area (Å²) in [6.45, 7) is 6.39. The fourth-order valence-electron chi connectivity index (χ4n) is 3.73. The summed E-state index contributed by atoms with van der Waals surface area (Å²) >= 11 is 1.87. The number of hydrogen-bond donors (Lipinski definition) is 2. The Morgan fingerprint density at radius 2 is 1.97 bits per heavy atom. The van der Waals surface area contributed by atoms with Crippen LogP contribution in [0.25, 0.3) is 0 Å². The van der Waals surface area contributed by atoms with Crippen molar-refractivity contribution in [1.82, 2.24) is 9.62 Å². The number of aliphatic carboxylic acids is 1. The van der Waals surface area contributed by atoms with Gasteiger partial charge in [0.1, 0.15) is 0 Å². The highest BCUT2D eigenvalue weighted by Crippen LogP contribution is 2.37. The smallest absolute Gasteiger partial charge is 0.475 e. The summed E-state index contributed by atoms with van der Waals surface area (Å²) in [5.74, 6) is -2.44. The summed E-state index contributed by atoms with van der Waals surface area (Å²) in [7, 11) is -3.06. The molecule has 1 unspecified atom stereocenters. The second-order valence-electron chi connectivity index (χ2n) is 8.45. The van der Waals surface area contributed by atoms with Gasteiger partial charge in [-0.3, -0.25) is 4.90 Å². The molecule has 3 fully saturated rings. The first-order chi connectivity index (χ1) is 14.4. The first-order valence-electron chi connectivity index (χ1n) is 10.1. The van der Waals surface area contributed by atoms with E-state index in [0.717, 1.165) is 45.3 Å². The highest BCUT2D eigenvalue weighted by molar-refractivity contribution is 7.90. The van der Waals surface area contributed by atoms with Crippen LogP contribution >= 0.6 is 11.3 Å². The normalized spacial score (nSPS) is 23.7. The van der Waals surface area contributed by atoms with Crippen LogP contribution in [0.3, 0.4) is 0 Å². The van der Waals surface area contributed by atoms with Crippen molar-refractivity contribution in [2.24, 2.45) is 5.92 Å². The first kappa shape index (κ1) is 24.4. The van der Waals surface area contributed by atoms with Gasteiger partial charge in [0.15, 0.2) is 0 Å². The van der Waals surface area contributed by atoms with Gasteiger partial charge in [-0.05, 0) is 50.7 Å². The quantitative estimate of drug-likeness (QED) is 0.645. The van der Waals surface area contributed by atoms with Gasteiger partial charge in [-0.1, -0.05) is 0 Å². The second kappa shape index (κ2) is 9.34. The van der Waals surface area contributed by atoms with Gasteiger partial charge in [0.2, 0.25) is 10.0 Å². The number of nitrogens with zero attached hydrogens (tertiary/aromatic N) is 1. The maximum absolute atomic E-state index is 11.9. The fraction of sp³-hybridized carbons (Fsp3) is 0.737. The summed E-state index contributed by atoms with van der Waals surface area (Å²) in [5, 5.41) is 6.99. The number of hydrogen-bond acceptors (Lipinski definition) is 6. The van der Waals surface area contributed by atoms with E-state index in [9.17, 15) is 21.6 Å². The van der Waals surface area contributed by atoms with Crippen LogP contribution in [-0.2, 0) is 26.1 Å². The Labute approximate surface area is 183 Å². The Morgan fingerprint density at radius 3 is 2.42 bits per heavy atom. The number of ether oxygens (including phenoxy) is 1. The van der Waals surface area contributed by atoms with Crippen LogP contribution in [-0.4, -0.2) is 67.7 Å². The zero-order chi connectivity index (χ0) is 22.9. The zero-order valence-electron chi connectivity index (χ0n) is 17.2. The average molecular weight is 485 g/mol. The van der Waals surface area contributed by atoms with E-state index in [1.807, 2.05) is 11.3 Å². The van der Waals surface area contributed by atoms with Crippen molar-refractivity contribution in [2.75, 3.05) is 26.2 Å². The SMILES string of the molecule is Cc1ccc(CN2CC3(CCC(CNS(=O)(=O)C4CC4)CO3)C2)s1.O=C(O)C(F)(F)F. The Morgan fingerprint density at radius 1 is 1.32 bits per heavy atom. The van der Waals surface area contributed by atoms with Crippen LogP contribution < -0.4 is 4.72 Å². The lowest BCUT2D eigenvalue weighted by molar-refractivity contribution is -0.192. The van der Waals surface area contributed by atoms with Crippen LogP contribution in [0.4, 0.5) is 13.2 Å². The largest absolute Gasteiger partial charge is 0.490 e. The molecular weight excluding hydrogens is 457 g/mol. The molecule has 1 atom stereocenters. The highest BCUT2D eigenvalue weighted by atomic mass is 32.2. The van der Waals surface area contributed by atoms with Crippen molar-refractivity contribution in [3.8, 4) is 0 Å². The van der Waals surface area contributed by atoms with Crippen molar-refractivity contribution >= 4 is 27.3 Å². The number of rotatable bonds is 6. The van der Waals surface area contributed by atoms with E-state index in [0.29, 0.717) is 19.1 Å². The number of aryl methyl sites for hydroxylation is 1. The summed E-state index contributed by atoms with van der Waals surface area (Å²) in [6, 6.07) is 4.40. The number of sulfonamides is 1. The molecule has 31 heavy (non-hydrogen) atoms. The molecule has 2 aliphatic heterocycles. The number of nitrogens with one attached hydrogen (secondary N) is 1.